The van der Waals surface area contributed by atoms with Crippen LogP contribution in [0.3, 0.4) is 0 Å². The van der Waals surface area contributed by atoms with Crippen molar-refractivity contribution in [2.75, 3.05) is 8.85 Å². The Morgan fingerprint density at radius 1 is 1.17 bits per heavy atom. The van der Waals surface area contributed by atoms with Gasteiger partial charge < -0.3 is 13.6 Å². The van der Waals surface area contributed by atoms with Crippen molar-refractivity contribution in [3.8, 4) is 5.75 Å². The van der Waals surface area contributed by atoms with Gasteiger partial charge in [-0.25, -0.2) is 0 Å². The lowest BCUT2D eigenvalue weighted by atomic mass is 10.1. The number of carbonyl (C=O) groups excluding carboxylic acids is 1. The van der Waals surface area contributed by atoms with E-state index in [1.54, 1.807) is 18.2 Å². The molecular formula is C15H12F3IN2O2. The zero-order chi connectivity index (χ0) is 17.0. The molecule has 0 atom stereocenters. The van der Waals surface area contributed by atoms with E-state index in [1.165, 1.54) is 12.1 Å². The van der Waals surface area contributed by atoms with Gasteiger partial charge in [-0.05, 0) is 36.8 Å². The predicted molar refractivity (Wildman–Crippen MR) is 89.9 cm³/mol. The van der Waals surface area contributed by atoms with Crippen molar-refractivity contribution in [3.05, 3.63) is 53.6 Å². The maximum absolute atomic E-state index is 12.2. The number of rotatable bonds is 4. The highest BCUT2D eigenvalue weighted by atomic mass is 127. The molecule has 0 heterocycles. The highest BCUT2D eigenvalue weighted by Crippen LogP contribution is 2.25. The predicted octanol–water partition coefficient (Wildman–Crippen LogP) is 4.91. The zero-order valence-electron chi connectivity index (χ0n) is 11.9. The van der Waals surface area contributed by atoms with E-state index in [1.807, 2.05) is 29.8 Å². The number of alkyl halides is 3. The monoisotopic (exact) mass is 436 g/mol. The standard InChI is InChI=1S/C15H12F3IN2O2/c1-9-5-6-10(7-13(9)21-19)14(22)20-11-3-2-4-12(8-11)23-15(16,17)18/h2-8,21H,1H3,(H,20,22). The summed E-state index contributed by atoms with van der Waals surface area (Å²) in [5.41, 5.74) is 2.35. The van der Waals surface area contributed by atoms with Gasteiger partial charge in [-0.15, -0.1) is 13.2 Å². The van der Waals surface area contributed by atoms with Crippen molar-refractivity contribution >= 4 is 40.1 Å². The lowest BCUT2D eigenvalue weighted by Gasteiger charge is -2.11. The molecule has 122 valence electrons. The van der Waals surface area contributed by atoms with E-state index in [-0.39, 0.29) is 5.69 Å². The Bertz CT molecular complexity index is 720. The molecule has 0 saturated carbocycles. The van der Waals surface area contributed by atoms with E-state index in [2.05, 4.69) is 13.6 Å². The Kier molecular flexibility index (Phi) is 5.34. The van der Waals surface area contributed by atoms with Gasteiger partial charge in [-0.1, -0.05) is 12.1 Å². The number of anilines is 2. The van der Waals surface area contributed by atoms with Crippen LogP contribution in [0.4, 0.5) is 24.5 Å². The second-order valence-corrected chi connectivity index (χ2v) is 5.19. The van der Waals surface area contributed by atoms with Crippen LogP contribution in [0.1, 0.15) is 15.9 Å². The first-order chi connectivity index (χ1) is 10.8. The van der Waals surface area contributed by atoms with Crippen molar-refractivity contribution in [2.45, 2.75) is 13.3 Å². The van der Waals surface area contributed by atoms with Gasteiger partial charge in [0, 0.05) is 23.0 Å². The molecule has 0 saturated heterocycles. The smallest absolute Gasteiger partial charge is 0.406 e. The summed E-state index contributed by atoms with van der Waals surface area (Å²) in [6.07, 6.45) is -4.78. The van der Waals surface area contributed by atoms with Crippen molar-refractivity contribution in [1.82, 2.24) is 0 Å². The van der Waals surface area contributed by atoms with Crippen LogP contribution in [0.5, 0.6) is 5.75 Å². The average Bonchev–Trinajstić information content (AvgIpc) is 2.46. The van der Waals surface area contributed by atoms with Crippen LogP contribution >= 0.6 is 22.9 Å². The molecule has 4 nitrogen and oxygen atoms in total. The second-order valence-electron chi connectivity index (χ2n) is 4.65. The van der Waals surface area contributed by atoms with Gasteiger partial charge in [0.25, 0.3) is 5.91 Å². The third-order valence-electron chi connectivity index (χ3n) is 2.93. The highest BCUT2D eigenvalue weighted by molar-refractivity contribution is 14.1. The second kappa shape index (κ2) is 7.07. The molecule has 23 heavy (non-hydrogen) atoms. The molecule has 0 aliphatic rings. The summed E-state index contributed by atoms with van der Waals surface area (Å²) in [5.74, 6) is -0.823. The number of benzene rings is 2. The summed E-state index contributed by atoms with van der Waals surface area (Å²) < 4.78 is 43.4. The summed E-state index contributed by atoms with van der Waals surface area (Å²) in [6, 6.07) is 10.2. The highest BCUT2D eigenvalue weighted by Gasteiger charge is 2.31. The van der Waals surface area contributed by atoms with Crippen molar-refractivity contribution in [1.29, 1.82) is 0 Å². The number of nitrogens with one attached hydrogen (secondary N) is 2. The van der Waals surface area contributed by atoms with Crippen LogP contribution < -0.4 is 13.6 Å². The lowest BCUT2D eigenvalue weighted by Crippen LogP contribution is -2.17. The number of hydrogen-bond donors (Lipinski definition) is 2. The van der Waals surface area contributed by atoms with E-state index in [0.717, 1.165) is 23.4 Å². The first-order valence-corrected chi connectivity index (χ1v) is 7.51. The minimum absolute atomic E-state index is 0.210. The molecule has 8 heteroatoms. The summed E-state index contributed by atoms with van der Waals surface area (Å²) in [4.78, 5) is 12.2. The lowest BCUT2D eigenvalue weighted by molar-refractivity contribution is -0.274. The number of ether oxygens (including phenoxy) is 1. The van der Waals surface area contributed by atoms with E-state index < -0.39 is 18.0 Å². The molecule has 0 aliphatic heterocycles. The van der Waals surface area contributed by atoms with Crippen molar-refractivity contribution < 1.29 is 22.7 Å². The SMILES string of the molecule is Cc1ccc(C(=O)Nc2cccc(OC(F)(F)F)c2)cc1NI. The first-order valence-electron chi connectivity index (χ1n) is 6.43. The van der Waals surface area contributed by atoms with Gasteiger partial charge >= 0.3 is 6.36 Å². The van der Waals surface area contributed by atoms with Crippen LogP contribution in [0.15, 0.2) is 42.5 Å². The van der Waals surface area contributed by atoms with Crippen LogP contribution in [0.25, 0.3) is 0 Å². The maximum atomic E-state index is 12.2. The molecule has 0 fully saturated rings. The zero-order valence-corrected chi connectivity index (χ0v) is 14.0. The van der Waals surface area contributed by atoms with Crippen LogP contribution in [0, 0.1) is 6.92 Å². The molecule has 1 amide bonds. The van der Waals surface area contributed by atoms with E-state index in [0.29, 0.717) is 5.56 Å². The van der Waals surface area contributed by atoms with Gasteiger partial charge in [0.05, 0.1) is 22.9 Å². The van der Waals surface area contributed by atoms with Crippen molar-refractivity contribution in [2.24, 2.45) is 0 Å². The molecule has 2 aromatic carbocycles. The van der Waals surface area contributed by atoms with Crippen molar-refractivity contribution in [3.63, 3.8) is 0 Å². The molecule has 0 unspecified atom stereocenters. The number of aryl methyl sites for hydroxylation is 1. The quantitative estimate of drug-likeness (QED) is 0.529. The normalized spacial score (nSPS) is 11.0. The molecule has 0 aromatic heterocycles. The van der Waals surface area contributed by atoms with Crippen LogP contribution in [-0.2, 0) is 0 Å². The fourth-order valence-corrected chi connectivity index (χ4v) is 2.42. The summed E-state index contributed by atoms with van der Waals surface area (Å²) in [5, 5.41) is 2.54. The molecule has 0 radical (unpaired) electrons. The summed E-state index contributed by atoms with van der Waals surface area (Å²) >= 11 is 1.95. The third-order valence-corrected chi connectivity index (χ3v) is 3.51. The third kappa shape index (κ3) is 5.02. The molecule has 2 N–H and O–H groups in total. The minimum Gasteiger partial charge on any atom is -0.406 e. The van der Waals surface area contributed by atoms with Gasteiger partial charge in [0.15, 0.2) is 0 Å². The summed E-state index contributed by atoms with van der Waals surface area (Å²) in [6.45, 7) is 1.89. The number of hydrogen-bond acceptors (Lipinski definition) is 3. The molecule has 0 aliphatic carbocycles. The van der Waals surface area contributed by atoms with Crippen LogP contribution in [-0.4, -0.2) is 12.3 Å². The molecule has 2 aromatic rings. The molecule has 0 spiro atoms. The Morgan fingerprint density at radius 2 is 1.91 bits per heavy atom. The molecule has 0 bridgehead atoms. The fourth-order valence-electron chi connectivity index (χ4n) is 1.84. The Hall–Kier alpha value is -1.97. The Morgan fingerprint density at radius 3 is 2.57 bits per heavy atom. The minimum atomic E-state index is -4.78. The average molecular weight is 436 g/mol. The Labute approximate surface area is 144 Å². The summed E-state index contributed by atoms with van der Waals surface area (Å²) in [7, 11) is 0. The Balaban J connectivity index is 2.15. The maximum Gasteiger partial charge on any atom is 0.573 e. The van der Waals surface area contributed by atoms with E-state index in [4.69, 9.17) is 0 Å². The van der Waals surface area contributed by atoms with E-state index in [9.17, 15) is 18.0 Å². The largest absolute Gasteiger partial charge is 0.573 e. The first kappa shape index (κ1) is 17.4. The van der Waals surface area contributed by atoms with E-state index >= 15 is 0 Å². The topological polar surface area (TPSA) is 50.4 Å². The number of halogens is 4. The van der Waals surface area contributed by atoms with Gasteiger partial charge in [0.2, 0.25) is 0 Å². The van der Waals surface area contributed by atoms with Gasteiger partial charge in [-0.2, -0.15) is 0 Å². The number of carbonyl (C=O) groups is 1. The molecular weight excluding hydrogens is 424 g/mol. The van der Waals surface area contributed by atoms with Crippen LogP contribution in [0.2, 0.25) is 0 Å². The van der Waals surface area contributed by atoms with Gasteiger partial charge in [0.1, 0.15) is 5.75 Å². The molecule has 2 rings (SSSR count). The number of amides is 1. The van der Waals surface area contributed by atoms with Gasteiger partial charge in [-0.3, -0.25) is 4.79 Å². The fraction of sp³-hybridized carbons (Fsp3) is 0.133.